The average Bonchev–Trinajstić information content (AvgIpc) is 3.17. The maximum Gasteiger partial charge on any atom is 0.472 e. The van der Waals surface area contributed by atoms with Crippen LogP contribution in [0.2, 0.25) is 0 Å². The number of rotatable bonds is 36. The Balaban J connectivity index is 4.36. The molecule has 2 atom stereocenters. The van der Waals surface area contributed by atoms with Crippen molar-refractivity contribution in [3.63, 3.8) is 0 Å². The molecule has 0 aromatic rings. The molecule has 0 aromatic carbocycles. The molecular weight excluding hydrogens is 713 g/mol. The van der Waals surface area contributed by atoms with Gasteiger partial charge < -0.3 is 20.1 Å². The van der Waals surface area contributed by atoms with Gasteiger partial charge in [-0.25, -0.2) is 4.57 Å². The molecule has 0 aliphatic heterocycles. The van der Waals surface area contributed by atoms with E-state index in [0.717, 1.165) is 83.5 Å². The van der Waals surface area contributed by atoms with Gasteiger partial charge in [0.1, 0.15) is 6.61 Å². The summed E-state index contributed by atoms with van der Waals surface area (Å²) >= 11 is 0. The summed E-state index contributed by atoms with van der Waals surface area (Å²) in [6.07, 6.45) is 52.7. The van der Waals surface area contributed by atoms with E-state index < -0.39 is 32.5 Å². The normalized spacial score (nSPS) is 14.5. The third kappa shape index (κ3) is 40.2. The number of unbranched alkanes of at least 4 members (excludes halogenated alkanes) is 5. The van der Waals surface area contributed by atoms with Crippen molar-refractivity contribution in [1.29, 1.82) is 0 Å². The van der Waals surface area contributed by atoms with Crippen LogP contribution in [0.4, 0.5) is 0 Å². The van der Waals surface area contributed by atoms with Crippen LogP contribution in [0.3, 0.4) is 0 Å². The summed E-state index contributed by atoms with van der Waals surface area (Å²) in [5.74, 6) is -0.939. The maximum atomic E-state index is 12.5. The summed E-state index contributed by atoms with van der Waals surface area (Å²) in [4.78, 5) is 34.8. The minimum Gasteiger partial charge on any atom is -0.462 e. The first-order valence-corrected chi connectivity index (χ1v) is 21.9. The number of phosphoric acid groups is 1. The molecule has 0 radical (unpaired) electrons. The molecule has 0 fully saturated rings. The lowest BCUT2D eigenvalue weighted by Crippen LogP contribution is -2.29. The Morgan fingerprint density at radius 3 is 1.44 bits per heavy atom. The van der Waals surface area contributed by atoms with Gasteiger partial charge in [-0.15, -0.1) is 0 Å². The van der Waals surface area contributed by atoms with Crippen molar-refractivity contribution >= 4 is 19.8 Å². The molecule has 0 bridgehead atoms. The first-order chi connectivity index (χ1) is 26.8. The average molecular weight is 786 g/mol. The molecule has 310 valence electrons. The molecule has 0 saturated carbocycles. The summed E-state index contributed by atoms with van der Waals surface area (Å²) < 4.78 is 32.6. The fourth-order valence-corrected chi connectivity index (χ4v) is 5.48. The lowest BCUT2D eigenvalue weighted by atomic mass is 10.1. The Kier molecular flexibility index (Phi) is 37.9. The summed E-state index contributed by atoms with van der Waals surface area (Å²) in [6, 6.07) is 0. The topological polar surface area (TPSA) is 134 Å². The number of hydrogen-bond donors (Lipinski definition) is 2. The molecule has 0 amide bonds. The van der Waals surface area contributed by atoms with Crippen LogP contribution < -0.4 is 5.73 Å². The Bertz CT molecular complexity index is 1260. The Morgan fingerprint density at radius 2 is 0.964 bits per heavy atom. The van der Waals surface area contributed by atoms with Gasteiger partial charge in [-0.3, -0.25) is 18.6 Å². The van der Waals surface area contributed by atoms with Gasteiger partial charge in [0, 0.05) is 19.4 Å². The number of ether oxygens (including phenoxy) is 2. The van der Waals surface area contributed by atoms with E-state index in [4.69, 9.17) is 24.3 Å². The zero-order chi connectivity index (χ0) is 40.3. The first kappa shape index (κ1) is 51.7. The van der Waals surface area contributed by atoms with Gasteiger partial charge in [0.25, 0.3) is 0 Å². The van der Waals surface area contributed by atoms with E-state index in [1.165, 1.54) is 0 Å². The van der Waals surface area contributed by atoms with Crippen molar-refractivity contribution in [3.8, 4) is 0 Å². The van der Waals surface area contributed by atoms with Gasteiger partial charge in [0.2, 0.25) is 0 Å². The maximum absolute atomic E-state index is 12.5. The highest BCUT2D eigenvalue weighted by Crippen LogP contribution is 2.43. The quantitative estimate of drug-likeness (QED) is 0.0275. The van der Waals surface area contributed by atoms with Gasteiger partial charge in [-0.05, 0) is 89.9 Å². The van der Waals surface area contributed by atoms with Gasteiger partial charge in [0.15, 0.2) is 6.10 Å². The molecule has 0 heterocycles. The molecule has 0 saturated heterocycles. The molecule has 1 unspecified atom stereocenters. The summed E-state index contributed by atoms with van der Waals surface area (Å²) in [5.41, 5.74) is 5.33. The van der Waals surface area contributed by atoms with Crippen LogP contribution in [-0.4, -0.2) is 49.3 Å². The lowest BCUT2D eigenvalue weighted by molar-refractivity contribution is -0.161. The Hall–Kier alpha value is -3.33. The molecule has 3 N–H and O–H groups in total. The minimum absolute atomic E-state index is 0.0340. The van der Waals surface area contributed by atoms with Crippen LogP contribution in [0.25, 0.3) is 0 Å². The molecule has 0 aliphatic carbocycles. The second kappa shape index (κ2) is 40.3. The number of hydrogen-bond acceptors (Lipinski definition) is 8. The van der Waals surface area contributed by atoms with Crippen LogP contribution in [0.1, 0.15) is 129 Å². The first-order valence-electron chi connectivity index (χ1n) is 20.4. The second-order valence-electron chi connectivity index (χ2n) is 12.7. The van der Waals surface area contributed by atoms with E-state index in [1.807, 2.05) is 6.08 Å². The summed E-state index contributed by atoms with van der Waals surface area (Å²) in [5, 5.41) is 0. The van der Waals surface area contributed by atoms with Crippen molar-refractivity contribution in [1.82, 2.24) is 0 Å². The standard InChI is InChI=1S/C45H72NO8P/c1-3-5-7-9-11-13-15-17-19-21-23-25-27-29-31-33-35-37-44(47)51-41-43(42-53-55(49,50)52-40-39-46)54-45(48)38-36-34-32-30-28-26-24-22-20-18-16-14-12-10-8-6-4-2/h5-8,11-14,17-20,23-26,30,32,43H,3-4,9-10,15-16,21-22,27-29,31,33-42,46H2,1-2H3,(H,49,50)/t43-/m1/s1. The summed E-state index contributed by atoms with van der Waals surface area (Å²) in [7, 11) is -4.40. The molecule has 9 nitrogen and oxygen atoms in total. The van der Waals surface area contributed by atoms with E-state index in [0.29, 0.717) is 19.3 Å². The largest absolute Gasteiger partial charge is 0.472 e. The van der Waals surface area contributed by atoms with E-state index in [2.05, 4.69) is 117 Å². The minimum atomic E-state index is -4.40. The number of carbonyl (C=O) groups is 2. The third-order valence-corrected chi connectivity index (χ3v) is 8.64. The zero-order valence-corrected chi connectivity index (χ0v) is 34.7. The van der Waals surface area contributed by atoms with Crippen molar-refractivity contribution in [3.05, 3.63) is 109 Å². The molecule has 0 aliphatic rings. The summed E-state index contributed by atoms with van der Waals surface area (Å²) in [6.45, 7) is 3.37. The Morgan fingerprint density at radius 1 is 0.545 bits per heavy atom. The van der Waals surface area contributed by atoms with E-state index >= 15 is 0 Å². The van der Waals surface area contributed by atoms with Gasteiger partial charge in [-0.1, -0.05) is 136 Å². The molecule has 0 spiro atoms. The molecule has 55 heavy (non-hydrogen) atoms. The van der Waals surface area contributed by atoms with Gasteiger partial charge in [-0.2, -0.15) is 0 Å². The predicted molar refractivity (Wildman–Crippen MR) is 228 cm³/mol. The predicted octanol–water partition coefficient (Wildman–Crippen LogP) is 11.6. The van der Waals surface area contributed by atoms with Crippen LogP contribution in [0, 0.1) is 0 Å². The number of esters is 2. The van der Waals surface area contributed by atoms with Crippen LogP contribution in [-0.2, 0) is 32.7 Å². The number of allylic oxidation sites excluding steroid dienone is 18. The molecule has 10 heteroatoms. The van der Waals surface area contributed by atoms with Gasteiger partial charge in [0.05, 0.1) is 13.2 Å². The smallest absolute Gasteiger partial charge is 0.462 e. The second-order valence-corrected chi connectivity index (χ2v) is 14.2. The molecule has 0 aromatic heterocycles. The Labute approximate surface area is 333 Å². The van der Waals surface area contributed by atoms with Crippen LogP contribution >= 0.6 is 7.82 Å². The number of carbonyl (C=O) groups excluding carboxylic acids is 2. The highest BCUT2D eigenvalue weighted by molar-refractivity contribution is 7.47. The number of nitrogens with two attached hydrogens (primary N) is 1. The zero-order valence-electron chi connectivity index (χ0n) is 33.9. The highest BCUT2D eigenvalue weighted by Gasteiger charge is 2.25. The van der Waals surface area contributed by atoms with E-state index in [1.54, 1.807) is 0 Å². The van der Waals surface area contributed by atoms with Crippen molar-refractivity contribution in [2.24, 2.45) is 5.73 Å². The van der Waals surface area contributed by atoms with Crippen LogP contribution in [0.5, 0.6) is 0 Å². The van der Waals surface area contributed by atoms with Crippen molar-refractivity contribution in [2.45, 2.75) is 136 Å². The van der Waals surface area contributed by atoms with Crippen molar-refractivity contribution < 1.29 is 37.6 Å². The highest BCUT2D eigenvalue weighted by atomic mass is 31.2. The van der Waals surface area contributed by atoms with Crippen molar-refractivity contribution in [2.75, 3.05) is 26.4 Å². The lowest BCUT2D eigenvalue weighted by Gasteiger charge is -2.19. The van der Waals surface area contributed by atoms with Gasteiger partial charge >= 0.3 is 19.8 Å². The fraction of sp³-hybridized carbons (Fsp3) is 0.556. The SMILES string of the molecule is CCC=CCC=CCC=CCC=CCC=CCCCC(=O)O[C@H](COC(=O)CCCCCCC=CCC=CCC=CCC=CCC)COP(=O)(O)OCCN. The molecular formula is C45H72NO8P. The molecule has 0 rings (SSSR count). The van der Waals surface area contributed by atoms with E-state index in [-0.39, 0.29) is 32.6 Å². The van der Waals surface area contributed by atoms with E-state index in [9.17, 15) is 19.0 Å². The monoisotopic (exact) mass is 785 g/mol. The third-order valence-electron chi connectivity index (χ3n) is 7.65. The fourth-order valence-electron chi connectivity index (χ4n) is 4.72. The van der Waals surface area contributed by atoms with Crippen LogP contribution in [0.15, 0.2) is 109 Å². The number of phosphoric ester groups is 1.